The van der Waals surface area contributed by atoms with Gasteiger partial charge in [0.05, 0.1) is 0 Å². The highest BCUT2D eigenvalue weighted by atomic mass is 16.2. The van der Waals surface area contributed by atoms with Crippen LogP contribution in [0.1, 0.15) is 41.0 Å². The molecule has 0 aliphatic carbocycles. The van der Waals surface area contributed by atoms with Crippen molar-refractivity contribution in [2.45, 2.75) is 53.1 Å². The van der Waals surface area contributed by atoms with Gasteiger partial charge in [0.25, 0.3) is 0 Å². The smallest absolute Gasteiger partial charge is 0.242 e. The number of hydrogen-bond acceptors (Lipinski definition) is 2. The van der Waals surface area contributed by atoms with Gasteiger partial charge in [0.1, 0.15) is 6.04 Å². The molecule has 2 amide bonds. The van der Waals surface area contributed by atoms with Gasteiger partial charge < -0.3 is 10.6 Å². The first-order chi connectivity index (χ1) is 6.88. The second kappa shape index (κ2) is 6.43. The first-order valence-corrected chi connectivity index (χ1v) is 5.46. The lowest BCUT2D eigenvalue weighted by Gasteiger charge is -2.23. The van der Waals surface area contributed by atoms with Gasteiger partial charge in [0, 0.05) is 13.0 Å². The fourth-order valence-corrected chi connectivity index (χ4v) is 1.42. The molecule has 0 rings (SSSR count). The van der Waals surface area contributed by atoms with E-state index in [1.165, 1.54) is 6.92 Å². The molecule has 0 heterocycles. The SMILES string of the molecule is CC[C@H](NC(=O)[C@@H](C)NC(C)=O)C(C)C. The van der Waals surface area contributed by atoms with E-state index >= 15 is 0 Å². The van der Waals surface area contributed by atoms with Crippen LogP contribution >= 0.6 is 0 Å². The molecule has 4 heteroatoms. The molecular weight excluding hydrogens is 192 g/mol. The number of hydrogen-bond donors (Lipinski definition) is 2. The molecule has 0 aliphatic rings. The largest absolute Gasteiger partial charge is 0.351 e. The topological polar surface area (TPSA) is 58.2 Å². The van der Waals surface area contributed by atoms with Crippen molar-refractivity contribution in [1.29, 1.82) is 0 Å². The van der Waals surface area contributed by atoms with E-state index in [1.54, 1.807) is 6.92 Å². The molecule has 2 atom stereocenters. The second-order valence-electron chi connectivity index (χ2n) is 4.19. The molecule has 0 aromatic rings. The summed E-state index contributed by atoms with van der Waals surface area (Å²) in [5.41, 5.74) is 0. The highest BCUT2D eigenvalue weighted by molar-refractivity contribution is 5.86. The summed E-state index contributed by atoms with van der Waals surface area (Å²) in [4.78, 5) is 22.4. The Bertz CT molecular complexity index is 227. The van der Waals surface area contributed by atoms with Crippen molar-refractivity contribution in [2.24, 2.45) is 5.92 Å². The van der Waals surface area contributed by atoms with Crippen molar-refractivity contribution in [1.82, 2.24) is 10.6 Å². The van der Waals surface area contributed by atoms with Crippen LogP contribution < -0.4 is 10.6 Å². The first kappa shape index (κ1) is 13.9. The number of nitrogens with one attached hydrogen (secondary N) is 2. The van der Waals surface area contributed by atoms with Gasteiger partial charge >= 0.3 is 0 Å². The summed E-state index contributed by atoms with van der Waals surface area (Å²) in [5, 5.41) is 5.48. The minimum Gasteiger partial charge on any atom is -0.351 e. The molecule has 88 valence electrons. The van der Waals surface area contributed by atoms with Gasteiger partial charge in [0.15, 0.2) is 0 Å². The van der Waals surface area contributed by atoms with E-state index in [2.05, 4.69) is 24.5 Å². The fourth-order valence-electron chi connectivity index (χ4n) is 1.42. The molecular formula is C11H22N2O2. The second-order valence-corrected chi connectivity index (χ2v) is 4.19. The van der Waals surface area contributed by atoms with Gasteiger partial charge in [-0.2, -0.15) is 0 Å². The van der Waals surface area contributed by atoms with Gasteiger partial charge in [0.2, 0.25) is 11.8 Å². The lowest BCUT2D eigenvalue weighted by atomic mass is 10.0. The summed E-state index contributed by atoms with van der Waals surface area (Å²) in [6.45, 7) is 9.26. The lowest BCUT2D eigenvalue weighted by molar-refractivity contribution is -0.128. The van der Waals surface area contributed by atoms with Crippen LogP contribution in [0.4, 0.5) is 0 Å². The van der Waals surface area contributed by atoms with Crippen LogP contribution in [0.15, 0.2) is 0 Å². The summed E-state index contributed by atoms with van der Waals surface area (Å²) >= 11 is 0. The lowest BCUT2D eigenvalue weighted by Crippen LogP contribution is -2.48. The Balaban J connectivity index is 4.15. The standard InChI is InChI=1S/C11H22N2O2/c1-6-10(7(2)3)13-11(15)8(4)12-9(5)14/h7-8,10H,6H2,1-5H3,(H,12,14)(H,13,15)/t8-,10+/m1/s1. The van der Waals surface area contributed by atoms with Crippen molar-refractivity contribution in [3.8, 4) is 0 Å². The van der Waals surface area contributed by atoms with Crippen molar-refractivity contribution in [2.75, 3.05) is 0 Å². The molecule has 0 radical (unpaired) electrons. The molecule has 2 N–H and O–H groups in total. The van der Waals surface area contributed by atoms with E-state index in [9.17, 15) is 9.59 Å². The summed E-state index contributed by atoms with van der Waals surface area (Å²) in [7, 11) is 0. The number of carbonyl (C=O) groups excluding carboxylic acids is 2. The molecule has 0 aromatic carbocycles. The maximum atomic E-state index is 11.6. The Morgan fingerprint density at radius 2 is 1.67 bits per heavy atom. The van der Waals surface area contributed by atoms with E-state index < -0.39 is 6.04 Å². The van der Waals surface area contributed by atoms with Gasteiger partial charge in [-0.25, -0.2) is 0 Å². The fraction of sp³-hybridized carbons (Fsp3) is 0.818. The highest BCUT2D eigenvalue weighted by Crippen LogP contribution is 2.05. The van der Waals surface area contributed by atoms with Crippen LogP contribution in [-0.4, -0.2) is 23.9 Å². The van der Waals surface area contributed by atoms with E-state index in [0.29, 0.717) is 5.92 Å². The zero-order chi connectivity index (χ0) is 12.0. The average Bonchev–Trinajstić information content (AvgIpc) is 2.11. The zero-order valence-corrected chi connectivity index (χ0v) is 10.3. The minimum absolute atomic E-state index is 0.120. The Kier molecular flexibility index (Phi) is 5.97. The Labute approximate surface area is 91.8 Å². The van der Waals surface area contributed by atoms with Crippen LogP contribution in [0.25, 0.3) is 0 Å². The van der Waals surface area contributed by atoms with Crippen molar-refractivity contribution < 1.29 is 9.59 Å². The van der Waals surface area contributed by atoms with E-state index in [-0.39, 0.29) is 17.9 Å². The Morgan fingerprint density at radius 3 is 2.00 bits per heavy atom. The summed E-state index contributed by atoms with van der Waals surface area (Å²) in [6.07, 6.45) is 0.899. The van der Waals surface area contributed by atoms with E-state index in [0.717, 1.165) is 6.42 Å². The third-order valence-corrected chi connectivity index (χ3v) is 2.39. The molecule has 0 saturated heterocycles. The maximum Gasteiger partial charge on any atom is 0.242 e. The molecule has 0 saturated carbocycles. The third-order valence-electron chi connectivity index (χ3n) is 2.39. The summed E-state index contributed by atoms with van der Waals surface area (Å²) < 4.78 is 0. The van der Waals surface area contributed by atoms with Crippen molar-refractivity contribution in [3.63, 3.8) is 0 Å². The average molecular weight is 214 g/mol. The quantitative estimate of drug-likeness (QED) is 0.719. The van der Waals surface area contributed by atoms with Crippen molar-refractivity contribution in [3.05, 3.63) is 0 Å². The normalized spacial score (nSPS) is 14.5. The van der Waals surface area contributed by atoms with Crippen LogP contribution in [-0.2, 0) is 9.59 Å². The number of amides is 2. The predicted octanol–water partition coefficient (Wildman–Crippen LogP) is 1.06. The molecule has 0 fully saturated rings. The van der Waals surface area contributed by atoms with Gasteiger partial charge in [-0.3, -0.25) is 9.59 Å². The molecule has 0 aliphatic heterocycles. The van der Waals surface area contributed by atoms with Gasteiger partial charge in [-0.05, 0) is 19.3 Å². The van der Waals surface area contributed by atoms with E-state index in [1.807, 2.05) is 6.92 Å². The highest BCUT2D eigenvalue weighted by Gasteiger charge is 2.18. The molecule has 15 heavy (non-hydrogen) atoms. The van der Waals surface area contributed by atoms with Crippen LogP contribution in [0.2, 0.25) is 0 Å². The van der Waals surface area contributed by atoms with Crippen molar-refractivity contribution >= 4 is 11.8 Å². The monoisotopic (exact) mass is 214 g/mol. The van der Waals surface area contributed by atoms with Crippen LogP contribution in [0.3, 0.4) is 0 Å². The third kappa shape index (κ3) is 5.40. The van der Waals surface area contributed by atoms with Crippen LogP contribution in [0, 0.1) is 5.92 Å². The van der Waals surface area contributed by atoms with E-state index in [4.69, 9.17) is 0 Å². The van der Waals surface area contributed by atoms with Gasteiger partial charge in [-0.1, -0.05) is 20.8 Å². The number of rotatable bonds is 5. The number of carbonyl (C=O) groups is 2. The molecule has 0 unspecified atom stereocenters. The zero-order valence-electron chi connectivity index (χ0n) is 10.3. The Morgan fingerprint density at radius 1 is 1.13 bits per heavy atom. The summed E-state index contributed by atoms with van der Waals surface area (Å²) in [6, 6.07) is -0.288. The summed E-state index contributed by atoms with van der Waals surface area (Å²) in [5.74, 6) is 0.101. The molecule has 4 nitrogen and oxygen atoms in total. The van der Waals surface area contributed by atoms with Gasteiger partial charge in [-0.15, -0.1) is 0 Å². The Hall–Kier alpha value is -1.06. The molecule has 0 aromatic heterocycles. The predicted molar refractivity (Wildman–Crippen MR) is 60.3 cm³/mol. The molecule has 0 spiro atoms. The first-order valence-electron chi connectivity index (χ1n) is 5.46. The minimum atomic E-state index is -0.463. The molecule has 0 bridgehead atoms. The van der Waals surface area contributed by atoms with Crippen LogP contribution in [0.5, 0.6) is 0 Å². The maximum absolute atomic E-state index is 11.6.